The lowest BCUT2D eigenvalue weighted by Crippen LogP contribution is -2.39. The SMILES string of the molecule is CCSCCCN1CCCNC(Cc2ccccc2)C1. The first-order valence-corrected chi connectivity index (χ1v) is 9.11. The van der Waals surface area contributed by atoms with Crippen LogP contribution in [0.25, 0.3) is 0 Å². The van der Waals surface area contributed by atoms with Crippen LogP contribution in [0.5, 0.6) is 0 Å². The summed E-state index contributed by atoms with van der Waals surface area (Å²) in [5, 5.41) is 3.71. The molecule has 1 heterocycles. The summed E-state index contributed by atoms with van der Waals surface area (Å²) < 4.78 is 0. The first-order chi connectivity index (χ1) is 9.88. The molecule has 20 heavy (non-hydrogen) atoms. The van der Waals surface area contributed by atoms with Crippen molar-refractivity contribution in [3.63, 3.8) is 0 Å². The van der Waals surface area contributed by atoms with Crippen molar-refractivity contribution < 1.29 is 0 Å². The molecule has 0 radical (unpaired) electrons. The van der Waals surface area contributed by atoms with Gasteiger partial charge in [0.15, 0.2) is 0 Å². The minimum atomic E-state index is 0.610. The number of rotatable bonds is 7. The van der Waals surface area contributed by atoms with Crippen molar-refractivity contribution in [3.8, 4) is 0 Å². The Morgan fingerprint density at radius 3 is 2.95 bits per heavy atom. The predicted octanol–water partition coefficient (Wildman–Crippen LogP) is 3.04. The Morgan fingerprint density at radius 2 is 2.15 bits per heavy atom. The second kappa shape index (κ2) is 9.43. The van der Waals surface area contributed by atoms with Gasteiger partial charge in [-0.15, -0.1) is 0 Å². The largest absolute Gasteiger partial charge is 0.312 e. The van der Waals surface area contributed by atoms with Crippen molar-refractivity contribution in [2.45, 2.75) is 32.2 Å². The van der Waals surface area contributed by atoms with Gasteiger partial charge in [-0.2, -0.15) is 11.8 Å². The molecule has 1 N–H and O–H groups in total. The fourth-order valence-corrected chi connectivity index (χ4v) is 3.47. The quantitative estimate of drug-likeness (QED) is 0.778. The van der Waals surface area contributed by atoms with Crippen molar-refractivity contribution in [1.82, 2.24) is 10.2 Å². The maximum Gasteiger partial charge on any atom is 0.0235 e. The molecule has 3 heteroatoms. The van der Waals surface area contributed by atoms with Crippen LogP contribution < -0.4 is 5.32 Å². The van der Waals surface area contributed by atoms with E-state index in [-0.39, 0.29) is 0 Å². The third-order valence-electron chi connectivity index (χ3n) is 3.85. The molecular weight excluding hydrogens is 264 g/mol. The lowest BCUT2D eigenvalue weighted by atomic mass is 10.1. The summed E-state index contributed by atoms with van der Waals surface area (Å²) in [7, 11) is 0. The van der Waals surface area contributed by atoms with Crippen LogP contribution in [0.15, 0.2) is 30.3 Å². The highest BCUT2D eigenvalue weighted by atomic mass is 32.2. The minimum absolute atomic E-state index is 0.610. The zero-order valence-corrected chi connectivity index (χ0v) is 13.5. The Kier molecular flexibility index (Phi) is 7.48. The molecule has 1 atom stereocenters. The van der Waals surface area contributed by atoms with E-state index >= 15 is 0 Å². The first kappa shape index (κ1) is 15.9. The number of benzene rings is 1. The molecule has 1 aliphatic rings. The van der Waals surface area contributed by atoms with Gasteiger partial charge in [0, 0.05) is 12.6 Å². The van der Waals surface area contributed by atoms with Crippen LogP contribution in [0.4, 0.5) is 0 Å². The predicted molar refractivity (Wildman–Crippen MR) is 90.6 cm³/mol. The Balaban J connectivity index is 1.77. The van der Waals surface area contributed by atoms with Gasteiger partial charge in [-0.25, -0.2) is 0 Å². The van der Waals surface area contributed by atoms with E-state index in [2.05, 4.69) is 59.2 Å². The molecule has 2 nitrogen and oxygen atoms in total. The van der Waals surface area contributed by atoms with E-state index in [1.165, 1.54) is 49.5 Å². The van der Waals surface area contributed by atoms with Gasteiger partial charge in [0.05, 0.1) is 0 Å². The fraction of sp³-hybridized carbons (Fsp3) is 0.647. The van der Waals surface area contributed by atoms with Crippen LogP contribution in [0, 0.1) is 0 Å². The molecule has 0 aliphatic carbocycles. The Labute approximate surface area is 128 Å². The van der Waals surface area contributed by atoms with E-state index in [1.54, 1.807) is 0 Å². The maximum atomic E-state index is 3.71. The van der Waals surface area contributed by atoms with Crippen LogP contribution in [0.3, 0.4) is 0 Å². The fourth-order valence-electron chi connectivity index (χ4n) is 2.85. The van der Waals surface area contributed by atoms with Gasteiger partial charge in [-0.05, 0) is 56.0 Å². The zero-order valence-electron chi connectivity index (χ0n) is 12.7. The Hall–Kier alpha value is -0.510. The highest BCUT2D eigenvalue weighted by Crippen LogP contribution is 2.09. The van der Waals surface area contributed by atoms with Gasteiger partial charge in [-0.3, -0.25) is 0 Å². The lowest BCUT2D eigenvalue weighted by molar-refractivity contribution is 0.268. The molecule has 0 saturated carbocycles. The van der Waals surface area contributed by atoms with Crippen LogP contribution >= 0.6 is 11.8 Å². The van der Waals surface area contributed by atoms with Crippen molar-refractivity contribution in [1.29, 1.82) is 0 Å². The van der Waals surface area contributed by atoms with Gasteiger partial charge in [0.1, 0.15) is 0 Å². The van der Waals surface area contributed by atoms with Crippen molar-refractivity contribution >= 4 is 11.8 Å². The monoisotopic (exact) mass is 292 g/mol. The van der Waals surface area contributed by atoms with E-state index in [4.69, 9.17) is 0 Å². The molecule has 0 spiro atoms. The molecule has 1 fully saturated rings. The number of thioether (sulfide) groups is 1. The first-order valence-electron chi connectivity index (χ1n) is 7.96. The molecule has 1 aliphatic heterocycles. The van der Waals surface area contributed by atoms with E-state index in [9.17, 15) is 0 Å². The molecule has 1 saturated heterocycles. The summed E-state index contributed by atoms with van der Waals surface area (Å²) in [5.41, 5.74) is 1.45. The van der Waals surface area contributed by atoms with Gasteiger partial charge >= 0.3 is 0 Å². The molecule has 112 valence electrons. The molecule has 2 rings (SSSR count). The van der Waals surface area contributed by atoms with Crippen LogP contribution in [-0.4, -0.2) is 48.6 Å². The summed E-state index contributed by atoms with van der Waals surface area (Å²) >= 11 is 2.06. The Morgan fingerprint density at radius 1 is 1.30 bits per heavy atom. The molecule has 1 aromatic rings. The van der Waals surface area contributed by atoms with Crippen LogP contribution in [0.2, 0.25) is 0 Å². The molecule has 0 aromatic heterocycles. The summed E-state index contributed by atoms with van der Waals surface area (Å²) in [6, 6.07) is 11.5. The van der Waals surface area contributed by atoms with Crippen molar-refractivity contribution in [2.75, 3.05) is 37.7 Å². The van der Waals surface area contributed by atoms with Gasteiger partial charge in [0.25, 0.3) is 0 Å². The summed E-state index contributed by atoms with van der Waals surface area (Å²) in [4.78, 5) is 2.66. The summed E-state index contributed by atoms with van der Waals surface area (Å²) in [6.07, 6.45) is 3.77. The molecule has 1 aromatic carbocycles. The molecule has 0 amide bonds. The Bertz CT molecular complexity index is 355. The second-order valence-corrected chi connectivity index (χ2v) is 6.94. The smallest absolute Gasteiger partial charge is 0.0235 e. The number of nitrogens with one attached hydrogen (secondary N) is 1. The van der Waals surface area contributed by atoms with Crippen molar-refractivity contribution in [3.05, 3.63) is 35.9 Å². The summed E-state index contributed by atoms with van der Waals surface area (Å²) in [6.45, 7) is 7.13. The van der Waals surface area contributed by atoms with E-state index < -0.39 is 0 Å². The van der Waals surface area contributed by atoms with E-state index in [1.807, 2.05) is 0 Å². The van der Waals surface area contributed by atoms with Gasteiger partial charge < -0.3 is 10.2 Å². The van der Waals surface area contributed by atoms with Crippen LogP contribution in [-0.2, 0) is 6.42 Å². The number of hydrogen-bond donors (Lipinski definition) is 1. The summed E-state index contributed by atoms with van der Waals surface area (Å²) in [5.74, 6) is 2.56. The topological polar surface area (TPSA) is 15.3 Å². The number of hydrogen-bond acceptors (Lipinski definition) is 3. The minimum Gasteiger partial charge on any atom is -0.312 e. The second-order valence-electron chi connectivity index (χ2n) is 5.55. The zero-order chi connectivity index (χ0) is 14.0. The molecular formula is C17H28N2S. The molecule has 1 unspecified atom stereocenters. The van der Waals surface area contributed by atoms with Crippen LogP contribution in [0.1, 0.15) is 25.3 Å². The highest BCUT2D eigenvalue weighted by molar-refractivity contribution is 7.99. The lowest BCUT2D eigenvalue weighted by Gasteiger charge is -2.24. The maximum absolute atomic E-state index is 3.71. The average Bonchev–Trinajstić information content (AvgIpc) is 2.70. The van der Waals surface area contributed by atoms with E-state index in [0.29, 0.717) is 6.04 Å². The third-order valence-corrected chi connectivity index (χ3v) is 4.84. The van der Waals surface area contributed by atoms with E-state index in [0.717, 1.165) is 13.0 Å². The van der Waals surface area contributed by atoms with Gasteiger partial charge in [-0.1, -0.05) is 37.3 Å². The van der Waals surface area contributed by atoms with Crippen molar-refractivity contribution in [2.24, 2.45) is 0 Å². The van der Waals surface area contributed by atoms with Gasteiger partial charge in [0.2, 0.25) is 0 Å². The normalized spacial score (nSPS) is 20.8. The standard InChI is InChI=1S/C17H28N2S/c1-2-20-13-7-12-19-11-6-10-18-17(15-19)14-16-8-4-3-5-9-16/h3-5,8-9,17-18H,2,6-7,10-15H2,1H3. The molecule has 0 bridgehead atoms. The highest BCUT2D eigenvalue weighted by Gasteiger charge is 2.17. The average molecular weight is 292 g/mol. The number of nitrogens with zero attached hydrogens (tertiary/aromatic N) is 1. The third kappa shape index (κ3) is 5.86.